The number of halogens is 1. The summed E-state index contributed by atoms with van der Waals surface area (Å²) in [5.74, 6) is 1.58. The fourth-order valence-electron chi connectivity index (χ4n) is 1.74. The van der Waals surface area contributed by atoms with Crippen molar-refractivity contribution < 1.29 is 4.74 Å². The molecule has 0 atom stereocenters. The zero-order valence-corrected chi connectivity index (χ0v) is 10.2. The molecule has 1 heterocycles. The van der Waals surface area contributed by atoms with Crippen LogP contribution < -0.4 is 10.1 Å². The highest BCUT2D eigenvalue weighted by Crippen LogP contribution is 2.30. The summed E-state index contributed by atoms with van der Waals surface area (Å²) in [5.41, 5.74) is 0.799. The van der Waals surface area contributed by atoms with Crippen LogP contribution in [0, 0.1) is 0 Å². The predicted molar refractivity (Wildman–Crippen MR) is 67.7 cm³/mol. The van der Waals surface area contributed by atoms with Gasteiger partial charge in [0.1, 0.15) is 11.6 Å². The first kappa shape index (κ1) is 10.6. The van der Waals surface area contributed by atoms with E-state index in [1.54, 1.807) is 7.11 Å². The normalized spacial score (nSPS) is 14.9. The van der Waals surface area contributed by atoms with Gasteiger partial charge < -0.3 is 10.1 Å². The molecule has 88 valence electrons. The summed E-state index contributed by atoms with van der Waals surface area (Å²) in [6.07, 6.45) is 2.39. The zero-order chi connectivity index (χ0) is 11.8. The van der Waals surface area contributed by atoms with Crippen LogP contribution in [0.25, 0.3) is 10.9 Å². The van der Waals surface area contributed by atoms with E-state index in [1.807, 2.05) is 18.2 Å². The second-order valence-electron chi connectivity index (χ2n) is 4.14. The van der Waals surface area contributed by atoms with Gasteiger partial charge in [-0.1, -0.05) is 0 Å². The SMILES string of the molecule is COc1ccc2c(NC3CC3)nc(Cl)nc2c1. The first-order valence-corrected chi connectivity index (χ1v) is 5.92. The second kappa shape index (κ2) is 4.04. The molecule has 1 saturated carbocycles. The van der Waals surface area contributed by atoms with E-state index >= 15 is 0 Å². The Morgan fingerprint density at radius 1 is 1.35 bits per heavy atom. The van der Waals surface area contributed by atoms with Gasteiger partial charge in [-0.25, -0.2) is 9.97 Å². The molecule has 5 heteroatoms. The quantitative estimate of drug-likeness (QED) is 0.850. The summed E-state index contributed by atoms with van der Waals surface area (Å²) in [4.78, 5) is 8.45. The monoisotopic (exact) mass is 249 g/mol. The van der Waals surface area contributed by atoms with Crippen molar-refractivity contribution in [1.29, 1.82) is 0 Å². The third kappa shape index (κ3) is 2.13. The summed E-state index contributed by atoms with van der Waals surface area (Å²) < 4.78 is 5.17. The average Bonchev–Trinajstić information content (AvgIpc) is 3.12. The fourth-order valence-corrected chi connectivity index (χ4v) is 1.91. The summed E-state index contributed by atoms with van der Waals surface area (Å²) in [6.45, 7) is 0. The third-order valence-electron chi connectivity index (χ3n) is 2.79. The second-order valence-corrected chi connectivity index (χ2v) is 4.48. The molecule has 2 aromatic rings. The van der Waals surface area contributed by atoms with Crippen molar-refractivity contribution in [3.8, 4) is 5.75 Å². The van der Waals surface area contributed by atoms with E-state index in [0.29, 0.717) is 6.04 Å². The minimum Gasteiger partial charge on any atom is -0.497 e. The topological polar surface area (TPSA) is 47.0 Å². The highest BCUT2D eigenvalue weighted by atomic mass is 35.5. The molecule has 4 nitrogen and oxygen atoms in total. The van der Waals surface area contributed by atoms with Crippen LogP contribution in [0.3, 0.4) is 0 Å². The van der Waals surface area contributed by atoms with Gasteiger partial charge in [0.05, 0.1) is 12.6 Å². The molecule has 0 aliphatic heterocycles. The van der Waals surface area contributed by atoms with Crippen LogP contribution in [0.2, 0.25) is 5.28 Å². The lowest BCUT2D eigenvalue weighted by Gasteiger charge is -2.08. The smallest absolute Gasteiger partial charge is 0.224 e. The number of hydrogen-bond donors (Lipinski definition) is 1. The number of hydrogen-bond acceptors (Lipinski definition) is 4. The lowest BCUT2D eigenvalue weighted by Crippen LogP contribution is -2.04. The molecule has 3 rings (SSSR count). The van der Waals surface area contributed by atoms with Crippen LogP contribution in [0.15, 0.2) is 18.2 Å². The van der Waals surface area contributed by atoms with E-state index in [2.05, 4.69) is 15.3 Å². The van der Waals surface area contributed by atoms with Gasteiger partial charge in [-0.2, -0.15) is 0 Å². The van der Waals surface area contributed by atoms with Crippen LogP contribution in [-0.4, -0.2) is 23.1 Å². The van der Waals surface area contributed by atoms with Crippen molar-refractivity contribution in [2.45, 2.75) is 18.9 Å². The Kier molecular flexibility index (Phi) is 2.52. The van der Waals surface area contributed by atoms with E-state index in [1.165, 1.54) is 12.8 Å². The molecule has 1 aliphatic carbocycles. The van der Waals surface area contributed by atoms with Crippen LogP contribution in [0.1, 0.15) is 12.8 Å². The minimum atomic E-state index is 0.258. The molecule has 0 radical (unpaired) electrons. The number of nitrogens with one attached hydrogen (secondary N) is 1. The summed E-state index contributed by atoms with van der Waals surface area (Å²) in [7, 11) is 1.63. The highest BCUT2D eigenvalue weighted by molar-refractivity contribution is 6.28. The van der Waals surface area contributed by atoms with E-state index in [-0.39, 0.29) is 5.28 Å². The van der Waals surface area contributed by atoms with Gasteiger partial charge >= 0.3 is 0 Å². The van der Waals surface area contributed by atoms with E-state index in [9.17, 15) is 0 Å². The van der Waals surface area contributed by atoms with Gasteiger partial charge in [-0.05, 0) is 36.6 Å². The fraction of sp³-hybridized carbons (Fsp3) is 0.333. The average molecular weight is 250 g/mol. The Morgan fingerprint density at radius 3 is 2.88 bits per heavy atom. The molecular weight excluding hydrogens is 238 g/mol. The van der Waals surface area contributed by atoms with Crippen LogP contribution in [0.5, 0.6) is 5.75 Å². The van der Waals surface area contributed by atoms with Crippen LogP contribution >= 0.6 is 11.6 Å². The van der Waals surface area contributed by atoms with Crippen molar-refractivity contribution in [1.82, 2.24) is 9.97 Å². The number of nitrogens with zero attached hydrogens (tertiary/aromatic N) is 2. The number of fused-ring (bicyclic) bond motifs is 1. The van der Waals surface area contributed by atoms with Crippen molar-refractivity contribution in [3.63, 3.8) is 0 Å². The molecule has 1 aromatic carbocycles. The molecule has 0 spiro atoms. The standard InChI is InChI=1S/C12H12ClN3O/c1-17-8-4-5-9-10(6-8)15-12(13)16-11(9)14-7-2-3-7/h4-7H,2-3H2,1H3,(H,14,15,16). The van der Waals surface area contributed by atoms with Crippen molar-refractivity contribution in [2.24, 2.45) is 0 Å². The maximum Gasteiger partial charge on any atom is 0.224 e. The Bertz CT molecular complexity index is 569. The number of aromatic nitrogens is 2. The number of anilines is 1. The third-order valence-corrected chi connectivity index (χ3v) is 2.96. The molecule has 1 N–H and O–H groups in total. The van der Waals surface area contributed by atoms with Crippen molar-refractivity contribution in [2.75, 3.05) is 12.4 Å². The Morgan fingerprint density at radius 2 is 2.18 bits per heavy atom. The van der Waals surface area contributed by atoms with E-state index in [4.69, 9.17) is 16.3 Å². The molecule has 0 amide bonds. The van der Waals surface area contributed by atoms with Gasteiger partial charge in [0.2, 0.25) is 5.28 Å². The van der Waals surface area contributed by atoms with Gasteiger partial charge in [0, 0.05) is 17.5 Å². The first-order valence-electron chi connectivity index (χ1n) is 5.54. The van der Waals surface area contributed by atoms with Crippen molar-refractivity contribution in [3.05, 3.63) is 23.5 Å². The van der Waals surface area contributed by atoms with Crippen LogP contribution in [-0.2, 0) is 0 Å². The lowest BCUT2D eigenvalue weighted by atomic mass is 10.2. The lowest BCUT2D eigenvalue weighted by molar-refractivity contribution is 0.415. The molecule has 1 fully saturated rings. The molecule has 17 heavy (non-hydrogen) atoms. The Hall–Kier alpha value is -1.55. The maximum atomic E-state index is 5.92. The predicted octanol–water partition coefficient (Wildman–Crippen LogP) is 2.87. The number of ether oxygens (including phenoxy) is 1. The van der Waals surface area contributed by atoms with Crippen molar-refractivity contribution >= 4 is 28.3 Å². The largest absolute Gasteiger partial charge is 0.497 e. The summed E-state index contributed by atoms with van der Waals surface area (Å²) in [5, 5.41) is 4.59. The molecular formula is C12H12ClN3O. The summed E-state index contributed by atoms with van der Waals surface area (Å²) >= 11 is 5.92. The van der Waals surface area contributed by atoms with E-state index in [0.717, 1.165) is 22.5 Å². The Labute approximate surface area is 104 Å². The number of rotatable bonds is 3. The first-order chi connectivity index (χ1) is 8.26. The number of methoxy groups -OCH3 is 1. The summed E-state index contributed by atoms with van der Waals surface area (Å²) in [6, 6.07) is 6.25. The number of benzene rings is 1. The molecule has 0 bridgehead atoms. The van der Waals surface area contributed by atoms with Crippen LogP contribution in [0.4, 0.5) is 5.82 Å². The molecule has 1 aliphatic rings. The molecule has 0 saturated heterocycles. The molecule has 1 aromatic heterocycles. The van der Waals surface area contributed by atoms with Gasteiger partial charge in [0.15, 0.2) is 0 Å². The van der Waals surface area contributed by atoms with Gasteiger partial charge in [0.25, 0.3) is 0 Å². The van der Waals surface area contributed by atoms with E-state index < -0.39 is 0 Å². The van der Waals surface area contributed by atoms with Gasteiger partial charge in [-0.3, -0.25) is 0 Å². The maximum absolute atomic E-state index is 5.92. The highest BCUT2D eigenvalue weighted by Gasteiger charge is 2.22. The minimum absolute atomic E-state index is 0.258. The zero-order valence-electron chi connectivity index (χ0n) is 9.40. The van der Waals surface area contributed by atoms with Gasteiger partial charge in [-0.15, -0.1) is 0 Å². The molecule has 0 unspecified atom stereocenters. The Balaban J connectivity index is 2.12.